The number of hydrogen-bond acceptors (Lipinski definition) is 4. The highest BCUT2D eigenvalue weighted by Crippen LogP contribution is 2.34. The Balaban J connectivity index is 1.59. The van der Waals surface area contributed by atoms with Gasteiger partial charge in [0.25, 0.3) is 0 Å². The summed E-state index contributed by atoms with van der Waals surface area (Å²) in [5.74, 6) is 0.562. The topological polar surface area (TPSA) is 59.5 Å². The SMILES string of the molecule is O=S(=O)(c1cccc2cccnc12)N1Cc2ccccc2COCC1CC1CCCC1. The van der Waals surface area contributed by atoms with Gasteiger partial charge in [-0.3, -0.25) is 4.98 Å². The summed E-state index contributed by atoms with van der Waals surface area (Å²) in [6.45, 7) is 1.31. The normalized spacial score (nSPS) is 21.0. The fraction of sp³-hybridized carbons (Fsp3) is 0.400. The smallest absolute Gasteiger partial charge is 0.245 e. The van der Waals surface area contributed by atoms with Crippen LogP contribution < -0.4 is 0 Å². The first kappa shape index (κ1) is 20.6. The number of pyridine rings is 1. The van der Waals surface area contributed by atoms with Gasteiger partial charge >= 0.3 is 0 Å². The minimum Gasteiger partial charge on any atom is -0.375 e. The van der Waals surface area contributed by atoms with Crippen LogP contribution in [0.2, 0.25) is 0 Å². The van der Waals surface area contributed by atoms with Crippen molar-refractivity contribution in [1.82, 2.24) is 9.29 Å². The van der Waals surface area contributed by atoms with E-state index < -0.39 is 10.0 Å². The molecule has 0 amide bonds. The van der Waals surface area contributed by atoms with E-state index in [0.717, 1.165) is 22.9 Å². The molecule has 0 radical (unpaired) electrons. The predicted octanol–water partition coefficient (Wildman–Crippen LogP) is 4.90. The Morgan fingerprint density at radius 2 is 1.74 bits per heavy atom. The highest BCUT2D eigenvalue weighted by atomic mass is 32.2. The van der Waals surface area contributed by atoms with Crippen LogP contribution in [0.3, 0.4) is 0 Å². The Bertz CT molecular complexity index is 1170. The maximum absolute atomic E-state index is 14.1. The molecule has 1 fully saturated rings. The van der Waals surface area contributed by atoms with Gasteiger partial charge in [0.2, 0.25) is 10.0 Å². The summed E-state index contributed by atoms with van der Waals surface area (Å²) in [6, 6.07) is 16.9. The molecule has 162 valence electrons. The van der Waals surface area contributed by atoms with Crippen LogP contribution in [-0.2, 0) is 27.9 Å². The minimum atomic E-state index is -3.77. The van der Waals surface area contributed by atoms with E-state index >= 15 is 0 Å². The van der Waals surface area contributed by atoms with Crippen LogP contribution in [-0.4, -0.2) is 30.4 Å². The summed E-state index contributed by atoms with van der Waals surface area (Å²) >= 11 is 0. The molecule has 31 heavy (non-hydrogen) atoms. The van der Waals surface area contributed by atoms with Crippen LogP contribution in [0.5, 0.6) is 0 Å². The molecular weight excluding hydrogens is 408 g/mol. The number of nitrogens with zero attached hydrogens (tertiary/aromatic N) is 2. The zero-order valence-corrected chi connectivity index (χ0v) is 18.4. The molecule has 0 N–H and O–H groups in total. The van der Waals surface area contributed by atoms with E-state index in [0.29, 0.717) is 31.2 Å². The largest absolute Gasteiger partial charge is 0.375 e. The molecule has 2 heterocycles. The van der Waals surface area contributed by atoms with Crippen molar-refractivity contribution in [2.45, 2.75) is 56.2 Å². The van der Waals surface area contributed by atoms with Crippen LogP contribution in [0.1, 0.15) is 43.2 Å². The number of benzene rings is 2. The Morgan fingerprint density at radius 3 is 2.58 bits per heavy atom. The number of aromatic nitrogens is 1. The van der Waals surface area contributed by atoms with Crippen LogP contribution in [0.4, 0.5) is 0 Å². The zero-order valence-electron chi connectivity index (χ0n) is 17.6. The molecule has 0 saturated heterocycles. The molecule has 5 nitrogen and oxygen atoms in total. The second-order valence-electron chi connectivity index (χ2n) is 8.71. The quantitative estimate of drug-likeness (QED) is 0.583. The number of ether oxygens (including phenoxy) is 1. The predicted molar refractivity (Wildman–Crippen MR) is 121 cm³/mol. The van der Waals surface area contributed by atoms with Crippen LogP contribution in [0, 0.1) is 5.92 Å². The summed E-state index contributed by atoms with van der Waals surface area (Å²) in [4.78, 5) is 4.70. The van der Waals surface area contributed by atoms with Gasteiger partial charge in [0, 0.05) is 24.2 Å². The Labute approximate surface area is 184 Å². The maximum atomic E-state index is 14.1. The first-order chi connectivity index (χ1) is 15.1. The molecule has 1 saturated carbocycles. The van der Waals surface area contributed by atoms with Gasteiger partial charge in [-0.25, -0.2) is 8.42 Å². The molecule has 6 heteroatoms. The van der Waals surface area contributed by atoms with E-state index in [2.05, 4.69) is 4.98 Å². The van der Waals surface area contributed by atoms with Crippen molar-refractivity contribution >= 4 is 20.9 Å². The Kier molecular flexibility index (Phi) is 5.78. The molecule has 3 aromatic rings. The van der Waals surface area contributed by atoms with Crippen molar-refractivity contribution in [3.63, 3.8) is 0 Å². The van der Waals surface area contributed by atoms with E-state index in [1.165, 1.54) is 25.7 Å². The van der Waals surface area contributed by atoms with E-state index in [1.807, 2.05) is 42.5 Å². The zero-order chi connectivity index (χ0) is 21.3. The van der Waals surface area contributed by atoms with E-state index in [9.17, 15) is 8.42 Å². The lowest BCUT2D eigenvalue weighted by molar-refractivity contribution is 0.0585. The molecule has 2 aromatic carbocycles. The second kappa shape index (κ2) is 8.69. The molecular formula is C25H28N2O3S. The average molecular weight is 437 g/mol. The molecule has 5 rings (SSSR count). The Morgan fingerprint density at radius 1 is 0.968 bits per heavy atom. The van der Waals surface area contributed by atoms with Gasteiger partial charge in [0.05, 0.1) is 18.7 Å². The lowest BCUT2D eigenvalue weighted by Gasteiger charge is -2.35. The third kappa shape index (κ3) is 4.12. The highest BCUT2D eigenvalue weighted by molar-refractivity contribution is 7.89. The summed E-state index contributed by atoms with van der Waals surface area (Å²) in [5, 5.41) is 0.833. The highest BCUT2D eigenvalue weighted by Gasteiger charge is 2.36. The van der Waals surface area contributed by atoms with Gasteiger partial charge in [0.1, 0.15) is 4.90 Å². The monoisotopic (exact) mass is 436 g/mol. The standard InChI is InChI=1S/C25H28N2O3S/c28-31(29,24-13-5-11-20-12-6-14-26-25(20)24)27-16-21-9-3-4-10-22(21)17-30-18-23(27)15-19-7-1-2-8-19/h3-6,9-14,19,23H,1-2,7-8,15-18H2. The molecule has 1 unspecified atom stereocenters. The van der Waals surface area contributed by atoms with Crippen LogP contribution >= 0.6 is 0 Å². The number of sulfonamides is 1. The lowest BCUT2D eigenvalue weighted by Crippen LogP contribution is -2.44. The maximum Gasteiger partial charge on any atom is 0.245 e. The molecule has 1 aromatic heterocycles. The third-order valence-corrected chi connectivity index (χ3v) is 8.61. The van der Waals surface area contributed by atoms with Crippen molar-refractivity contribution in [2.24, 2.45) is 5.92 Å². The Hall–Kier alpha value is -2.28. The van der Waals surface area contributed by atoms with Gasteiger partial charge in [0.15, 0.2) is 0 Å². The number of hydrogen-bond donors (Lipinski definition) is 0. The first-order valence-corrected chi connectivity index (χ1v) is 12.6. The molecule has 2 aliphatic rings. The van der Waals surface area contributed by atoms with Gasteiger partial charge < -0.3 is 4.74 Å². The summed E-state index contributed by atoms with van der Waals surface area (Å²) in [5.41, 5.74) is 2.59. The van der Waals surface area contributed by atoms with Crippen molar-refractivity contribution in [1.29, 1.82) is 0 Å². The molecule has 0 bridgehead atoms. The molecule has 1 atom stereocenters. The lowest BCUT2D eigenvalue weighted by atomic mass is 9.97. The molecule has 1 aliphatic heterocycles. The van der Waals surface area contributed by atoms with E-state index in [4.69, 9.17) is 4.74 Å². The summed E-state index contributed by atoms with van der Waals surface area (Å²) in [7, 11) is -3.77. The molecule has 1 aliphatic carbocycles. The fourth-order valence-electron chi connectivity index (χ4n) is 5.05. The van der Waals surface area contributed by atoms with Crippen molar-refractivity contribution < 1.29 is 13.2 Å². The van der Waals surface area contributed by atoms with E-state index in [1.54, 1.807) is 22.6 Å². The average Bonchev–Trinajstić information content (AvgIpc) is 3.29. The van der Waals surface area contributed by atoms with Gasteiger partial charge in [-0.15, -0.1) is 0 Å². The van der Waals surface area contributed by atoms with Gasteiger partial charge in [-0.1, -0.05) is 68.1 Å². The fourth-order valence-corrected chi connectivity index (χ4v) is 6.81. The number of fused-ring (bicyclic) bond motifs is 2. The second-order valence-corrected chi connectivity index (χ2v) is 10.6. The van der Waals surface area contributed by atoms with E-state index in [-0.39, 0.29) is 10.9 Å². The first-order valence-electron chi connectivity index (χ1n) is 11.1. The summed E-state index contributed by atoms with van der Waals surface area (Å²) in [6.07, 6.45) is 7.33. The van der Waals surface area contributed by atoms with Crippen molar-refractivity contribution in [3.05, 3.63) is 71.9 Å². The number of rotatable bonds is 4. The van der Waals surface area contributed by atoms with Crippen LogP contribution in [0.15, 0.2) is 65.7 Å². The van der Waals surface area contributed by atoms with Gasteiger partial charge in [-0.2, -0.15) is 4.31 Å². The van der Waals surface area contributed by atoms with Crippen molar-refractivity contribution in [3.8, 4) is 0 Å². The third-order valence-electron chi connectivity index (χ3n) is 6.68. The molecule has 0 spiro atoms. The van der Waals surface area contributed by atoms with Crippen LogP contribution in [0.25, 0.3) is 10.9 Å². The van der Waals surface area contributed by atoms with Crippen molar-refractivity contribution in [2.75, 3.05) is 6.61 Å². The van der Waals surface area contributed by atoms with Gasteiger partial charge in [-0.05, 0) is 35.6 Å². The summed E-state index contributed by atoms with van der Waals surface area (Å²) < 4.78 is 35.9. The minimum absolute atomic E-state index is 0.180. The number of para-hydroxylation sites is 1.